The largest absolute Gasteiger partial charge is 0.378 e. The number of rotatable bonds is 1. The van der Waals surface area contributed by atoms with E-state index < -0.39 is 17.4 Å². The summed E-state index contributed by atoms with van der Waals surface area (Å²) in [6.07, 6.45) is 5.72. The third-order valence-corrected chi connectivity index (χ3v) is 2.34. The molecule has 1 saturated heterocycles. The topological polar surface area (TPSA) is 83.6 Å². The van der Waals surface area contributed by atoms with E-state index in [4.69, 9.17) is 12.2 Å². The number of nitrogens with two attached hydrogens (primary N) is 1. The predicted octanol–water partition coefficient (Wildman–Crippen LogP) is -1.54. The number of piperidine rings is 1. The number of β-amino-alcohol motifs (C(OH)–C–C–N with tert-alkyl or cyclic N) is 1. The lowest BCUT2D eigenvalue weighted by Gasteiger charge is -2.35. The van der Waals surface area contributed by atoms with Crippen LogP contribution in [-0.4, -0.2) is 40.5 Å². The molecule has 2 amide bonds. The van der Waals surface area contributed by atoms with Crippen LogP contribution in [0.4, 0.5) is 0 Å². The highest BCUT2D eigenvalue weighted by molar-refractivity contribution is 5.94. The van der Waals surface area contributed by atoms with E-state index in [0.29, 0.717) is 13.0 Å². The van der Waals surface area contributed by atoms with Crippen LogP contribution in [0.15, 0.2) is 0 Å². The van der Waals surface area contributed by atoms with Crippen molar-refractivity contribution in [3.05, 3.63) is 0 Å². The van der Waals surface area contributed by atoms with Gasteiger partial charge in [0.05, 0.1) is 6.54 Å². The Balaban J connectivity index is 2.75. The molecule has 0 aromatic carbocycles. The fraction of sp³-hybridized carbons (Fsp3) is 0.556. The first-order valence-corrected chi connectivity index (χ1v) is 4.27. The van der Waals surface area contributed by atoms with Crippen LogP contribution in [0, 0.1) is 12.3 Å². The van der Waals surface area contributed by atoms with Crippen LogP contribution in [0.25, 0.3) is 0 Å². The molecule has 14 heavy (non-hydrogen) atoms. The van der Waals surface area contributed by atoms with Crippen LogP contribution in [0.3, 0.4) is 0 Å². The van der Waals surface area contributed by atoms with Gasteiger partial charge in [0.15, 0.2) is 5.60 Å². The highest BCUT2D eigenvalue weighted by Crippen LogP contribution is 2.20. The minimum Gasteiger partial charge on any atom is -0.378 e. The first kappa shape index (κ1) is 10.5. The number of nitrogens with zero attached hydrogens (tertiary/aromatic N) is 1. The number of carbonyl (C=O) groups is 2. The molecule has 5 heteroatoms. The molecule has 1 aliphatic heterocycles. The van der Waals surface area contributed by atoms with Gasteiger partial charge in [0.25, 0.3) is 11.8 Å². The number of terminal acetylenes is 1. The standard InChI is InChI=1S/C9H12N2O3/c1-2-7(12)11-5-3-4-9(14,6-11)8(10)13/h1,14H,3-6H2,(H2,10,13). The van der Waals surface area contributed by atoms with Gasteiger partial charge in [0, 0.05) is 6.54 Å². The molecule has 0 saturated carbocycles. The van der Waals surface area contributed by atoms with Gasteiger partial charge in [-0.05, 0) is 18.8 Å². The molecule has 0 aliphatic carbocycles. The molecule has 1 rings (SSSR count). The van der Waals surface area contributed by atoms with Gasteiger partial charge < -0.3 is 15.7 Å². The van der Waals surface area contributed by atoms with Gasteiger partial charge in [-0.3, -0.25) is 9.59 Å². The maximum atomic E-state index is 11.1. The van der Waals surface area contributed by atoms with Gasteiger partial charge in [0.2, 0.25) is 0 Å². The first-order chi connectivity index (χ1) is 6.49. The molecule has 3 N–H and O–H groups in total. The van der Waals surface area contributed by atoms with Crippen molar-refractivity contribution in [2.75, 3.05) is 13.1 Å². The molecule has 76 valence electrons. The number of primary amides is 1. The zero-order chi connectivity index (χ0) is 10.8. The third kappa shape index (κ3) is 1.86. The van der Waals surface area contributed by atoms with Gasteiger partial charge in [0.1, 0.15) is 0 Å². The lowest BCUT2D eigenvalue weighted by molar-refractivity contribution is -0.146. The normalized spacial score (nSPS) is 26.7. The Kier molecular flexibility index (Phi) is 2.77. The zero-order valence-electron chi connectivity index (χ0n) is 7.69. The number of likely N-dealkylation sites (tertiary alicyclic amines) is 1. The van der Waals surface area contributed by atoms with Crippen LogP contribution in [0.5, 0.6) is 0 Å². The van der Waals surface area contributed by atoms with Gasteiger partial charge >= 0.3 is 0 Å². The summed E-state index contributed by atoms with van der Waals surface area (Å²) in [7, 11) is 0. The van der Waals surface area contributed by atoms with Crippen LogP contribution < -0.4 is 5.73 Å². The molecule has 0 aromatic rings. The predicted molar refractivity (Wildman–Crippen MR) is 48.8 cm³/mol. The number of carbonyl (C=O) groups excluding carboxylic acids is 2. The molecule has 1 heterocycles. The summed E-state index contributed by atoms with van der Waals surface area (Å²) in [5.41, 5.74) is 3.41. The highest BCUT2D eigenvalue weighted by Gasteiger charge is 2.39. The molecule has 5 nitrogen and oxygen atoms in total. The maximum Gasteiger partial charge on any atom is 0.298 e. The van der Waals surface area contributed by atoms with Gasteiger partial charge in [-0.25, -0.2) is 0 Å². The molecule has 0 radical (unpaired) electrons. The lowest BCUT2D eigenvalue weighted by Crippen LogP contribution is -2.56. The SMILES string of the molecule is C#CC(=O)N1CCCC(O)(C(N)=O)C1. The van der Waals surface area contributed by atoms with Crippen molar-refractivity contribution in [1.82, 2.24) is 4.90 Å². The summed E-state index contributed by atoms with van der Waals surface area (Å²) in [6, 6.07) is 0. The molecule has 0 bridgehead atoms. The Morgan fingerprint density at radius 2 is 2.21 bits per heavy atom. The minimum absolute atomic E-state index is 0.106. The van der Waals surface area contributed by atoms with E-state index in [2.05, 4.69) is 0 Å². The van der Waals surface area contributed by atoms with Crippen molar-refractivity contribution in [2.45, 2.75) is 18.4 Å². The van der Waals surface area contributed by atoms with Gasteiger partial charge in [-0.15, -0.1) is 6.42 Å². The van der Waals surface area contributed by atoms with E-state index in [1.54, 1.807) is 0 Å². The molecule has 0 aromatic heterocycles. The van der Waals surface area contributed by atoms with Crippen molar-refractivity contribution >= 4 is 11.8 Å². The first-order valence-electron chi connectivity index (χ1n) is 4.27. The number of hydrogen-bond donors (Lipinski definition) is 2. The molecular weight excluding hydrogens is 184 g/mol. The monoisotopic (exact) mass is 196 g/mol. The van der Waals surface area contributed by atoms with Crippen LogP contribution in [0.1, 0.15) is 12.8 Å². The minimum atomic E-state index is -1.62. The second-order valence-electron chi connectivity index (χ2n) is 3.37. The Hall–Kier alpha value is -1.54. The number of aliphatic hydroxyl groups is 1. The Morgan fingerprint density at radius 1 is 1.57 bits per heavy atom. The molecule has 1 fully saturated rings. The van der Waals surface area contributed by atoms with Crippen LogP contribution in [0.2, 0.25) is 0 Å². The van der Waals surface area contributed by atoms with E-state index in [1.165, 1.54) is 4.90 Å². The Bertz CT molecular complexity index is 308. The molecule has 1 unspecified atom stereocenters. The second-order valence-corrected chi connectivity index (χ2v) is 3.37. The number of hydrogen-bond acceptors (Lipinski definition) is 3. The fourth-order valence-corrected chi connectivity index (χ4v) is 1.50. The summed E-state index contributed by atoms with van der Waals surface area (Å²) >= 11 is 0. The molecule has 1 atom stereocenters. The zero-order valence-corrected chi connectivity index (χ0v) is 7.69. The lowest BCUT2D eigenvalue weighted by atomic mass is 9.92. The summed E-state index contributed by atoms with van der Waals surface area (Å²) in [5, 5.41) is 9.73. The maximum absolute atomic E-state index is 11.1. The third-order valence-electron chi connectivity index (χ3n) is 2.34. The van der Waals surface area contributed by atoms with Crippen molar-refractivity contribution in [3.63, 3.8) is 0 Å². The average Bonchev–Trinajstić information content (AvgIpc) is 2.16. The fourth-order valence-electron chi connectivity index (χ4n) is 1.50. The highest BCUT2D eigenvalue weighted by atomic mass is 16.3. The summed E-state index contributed by atoms with van der Waals surface area (Å²) in [4.78, 5) is 23.3. The van der Waals surface area contributed by atoms with E-state index in [0.717, 1.165) is 0 Å². The van der Waals surface area contributed by atoms with Crippen molar-refractivity contribution in [2.24, 2.45) is 5.73 Å². The molecule has 1 aliphatic rings. The van der Waals surface area contributed by atoms with Crippen molar-refractivity contribution in [1.29, 1.82) is 0 Å². The van der Waals surface area contributed by atoms with E-state index in [-0.39, 0.29) is 13.0 Å². The summed E-state index contributed by atoms with van der Waals surface area (Å²) in [6.45, 7) is 0.351. The summed E-state index contributed by atoms with van der Waals surface area (Å²) < 4.78 is 0. The van der Waals surface area contributed by atoms with E-state index >= 15 is 0 Å². The average molecular weight is 196 g/mol. The second kappa shape index (κ2) is 3.68. The van der Waals surface area contributed by atoms with Gasteiger partial charge in [-0.2, -0.15) is 0 Å². The van der Waals surface area contributed by atoms with Crippen molar-refractivity contribution < 1.29 is 14.7 Å². The van der Waals surface area contributed by atoms with E-state index in [1.807, 2.05) is 5.92 Å². The Morgan fingerprint density at radius 3 is 2.71 bits per heavy atom. The van der Waals surface area contributed by atoms with E-state index in [9.17, 15) is 14.7 Å². The molecular formula is C9H12N2O3. The number of amides is 2. The van der Waals surface area contributed by atoms with Crippen molar-refractivity contribution in [3.8, 4) is 12.3 Å². The smallest absolute Gasteiger partial charge is 0.298 e. The van der Waals surface area contributed by atoms with Gasteiger partial charge in [-0.1, -0.05) is 0 Å². The summed E-state index contributed by atoms with van der Waals surface area (Å²) in [5.74, 6) is 0.598. The van der Waals surface area contributed by atoms with Crippen LogP contribution >= 0.6 is 0 Å². The van der Waals surface area contributed by atoms with Crippen LogP contribution in [-0.2, 0) is 9.59 Å². The molecule has 0 spiro atoms. The Labute approximate surface area is 81.9 Å². The quantitative estimate of drug-likeness (QED) is 0.498.